The Hall–Kier alpha value is -0.590. The fraction of sp³-hybridized carbons (Fsp3) is 0.889. The molecule has 1 N–H and O–H groups in total. The summed E-state index contributed by atoms with van der Waals surface area (Å²) in [6.07, 6.45) is 1.48. The smallest absolute Gasteiger partial charge is 0.0635 e. The summed E-state index contributed by atoms with van der Waals surface area (Å²) in [5.74, 6) is 0.420. The monoisotopic (exact) mass is 168 g/mol. The molecule has 2 unspecified atom stereocenters. The molecule has 0 saturated carbocycles. The second kappa shape index (κ2) is 4.44. The lowest BCUT2D eigenvalue weighted by molar-refractivity contribution is 0.128. The van der Waals surface area contributed by atoms with E-state index in [9.17, 15) is 5.11 Å². The summed E-state index contributed by atoms with van der Waals surface area (Å²) in [6.45, 7) is 4.70. The molecular formula is C9H16N2O. The highest BCUT2D eigenvalue weighted by atomic mass is 16.3. The summed E-state index contributed by atoms with van der Waals surface area (Å²) < 4.78 is 0. The van der Waals surface area contributed by atoms with Crippen LogP contribution in [0.25, 0.3) is 0 Å². The number of likely N-dealkylation sites (tertiary alicyclic amines) is 1. The molecule has 3 heteroatoms. The molecule has 0 aliphatic carbocycles. The molecule has 1 rings (SSSR count). The van der Waals surface area contributed by atoms with E-state index in [1.807, 2.05) is 6.92 Å². The van der Waals surface area contributed by atoms with Gasteiger partial charge in [0.05, 0.1) is 12.2 Å². The predicted molar refractivity (Wildman–Crippen MR) is 46.5 cm³/mol. The molecule has 2 atom stereocenters. The average Bonchev–Trinajstić information content (AvgIpc) is 2.48. The van der Waals surface area contributed by atoms with Crippen molar-refractivity contribution in [1.29, 1.82) is 5.26 Å². The van der Waals surface area contributed by atoms with Crippen molar-refractivity contribution >= 4 is 0 Å². The highest BCUT2D eigenvalue weighted by Gasteiger charge is 2.25. The third kappa shape index (κ3) is 2.47. The van der Waals surface area contributed by atoms with Crippen LogP contribution in [0.15, 0.2) is 0 Å². The molecule has 3 nitrogen and oxygen atoms in total. The number of aliphatic hydroxyl groups is 1. The van der Waals surface area contributed by atoms with E-state index in [4.69, 9.17) is 5.26 Å². The first-order valence-corrected chi connectivity index (χ1v) is 4.51. The number of hydrogen-bond donors (Lipinski definition) is 1. The molecule has 1 heterocycles. The molecule has 12 heavy (non-hydrogen) atoms. The second-order valence-electron chi connectivity index (χ2n) is 3.50. The van der Waals surface area contributed by atoms with Crippen LogP contribution in [0.3, 0.4) is 0 Å². The van der Waals surface area contributed by atoms with Gasteiger partial charge in [0.15, 0.2) is 0 Å². The Labute approximate surface area is 73.6 Å². The fourth-order valence-corrected chi connectivity index (χ4v) is 1.67. The van der Waals surface area contributed by atoms with Gasteiger partial charge in [0.1, 0.15) is 0 Å². The number of nitriles is 1. The Kier molecular flexibility index (Phi) is 3.51. The summed E-state index contributed by atoms with van der Waals surface area (Å²) >= 11 is 0. The molecule has 0 aromatic heterocycles. The van der Waals surface area contributed by atoms with Crippen LogP contribution in [0, 0.1) is 17.2 Å². The van der Waals surface area contributed by atoms with Crippen molar-refractivity contribution in [3.63, 3.8) is 0 Å². The summed E-state index contributed by atoms with van der Waals surface area (Å²) in [5, 5.41) is 17.7. The van der Waals surface area contributed by atoms with Crippen LogP contribution in [0.5, 0.6) is 0 Å². The Morgan fingerprint density at radius 3 is 3.00 bits per heavy atom. The van der Waals surface area contributed by atoms with Crippen LogP contribution in [-0.4, -0.2) is 35.7 Å². The average molecular weight is 168 g/mol. The predicted octanol–water partition coefficient (Wildman–Crippen LogP) is 0.603. The van der Waals surface area contributed by atoms with Crippen LogP contribution in [0.4, 0.5) is 0 Å². The van der Waals surface area contributed by atoms with E-state index in [2.05, 4.69) is 11.0 Å². The van der Waals surface area contributed by atoms with Crippen LogP contribution in [0.2, 0.25) is 0 Å². The van der Waals surface area contributed by atoms with E-state index >= 15 is 0 Å². The minimum Gasteiger partial charge on any atom is -0.393 e. The Morgan fingerprint density at radius 2 is 2.50 bits per heavy atom. The fourth-order valence-electron chi connectivity index (χ4n) is 1.67. The minimum atomic E-state index is -0.197. The zero-order valence-electron chi connectivity index (χ0n) is 7.53. The molecule has 0 radical (unpaired) electrons. The van der Waals surface area contributed by atoms with Gasteiger partial charge in [-0.2, -0.15) is 5.26 Å². The van der Waals surface area contributed by atoms with Crippen molar-refractivity contribution in [2.24, 2.45) is 5.92 Å². The van der Waals surface area contributed by atoms with Crippen LogP contribution in [0.1, 0.15) is 19.8 Å². The molecule has 0 bridgehead atoms. The molecule has 0 aromatic rings. The van der Waals surface area contributed by atoms with Gasteiger partial charge in [-0.25, -0.2) is 0 Å². The standard InChI is InChI=1S/C9H16N2O/c1-8(12)9-3-6-11(7-9)5-2-4-10/h8-9,12H,2-3,5-7H2,1H3. The summed E-state index contributed by atoms with van der Waals surface area (Å²) in [4.78, 5) is 2.25. The molecule has 0 spiro atoms. The largest absolute Gasteiger partial charge is 0.393 e. The lowest BCUT2D eigenvalue weighted by atomic mass is 10.0. The quantitative estimate of drug-likeness (QED) is 0.671. The summed E-state index contributed by atoms with van der Waals surface area (Å²) in [7, 11) is 0. The molecule has 1 fully saturated rings. The van der Waals surface area contributed by atoms with Crippen molar-refractivity contribution in [2.75, 3.05) is 19.6 Å². The van der Waals surface area contributed by atoms with E-state index in [0.717, 1.165) is 26.1 Å². The first kappa shape index (κ1) is 9.50. The topological polar surface area (TPSA) is 47.3 Å². The van der Waals surface area contributed by atoms with Crippen LogP contribution < -0.4 is 0 Å². The maximum atomic E-state index is 9.30. The van der Waals surface area contributed by atoms with Gasteiger partial charge in [-0.1, -0.05) is 0 Å². The van der Waals surface area contributed by atoms with Crippen molar-refractivity contribution in [3.8, 4) is 6.07 Å². The van der Waals surface area contributed by atoms with Crippen molar-refractivity contribution < 1.29 is 5.11 Å². The van der Waals surface area contributed by atoms with E-state index in [-0.39, 0.29) is 6.10 Å². The number of nitrogens with zero attached hydrogens (tertiary/aromatic N) is 2. The summed E-state index contributed by atoms with van der Waals surface area (Å²) in [6, 6.07) is 2.13. The van der Waals surface area contributed by atoms with Crippen molar-refractivity contribution in [3.05, 3.63) is 0 Å². The van der Waals surface area contributed by atoms with E-state index in [0.29, 0.717) is 12.3 Å². The van der Waals surface area contributed by atoms with Gasteiger partial charge in [-0.05, 0) is 25.8 Å². The van der Waals surface area contributed by atoms with Crippen LogP contribution >= 0.6 is 0 Å². The highest BCUT2D eigenvalue weighted by Crippen LogP contribution is 2.19. The van der Waals surface area contributed by atoms with Gasteiger partial charge >= 0.3 is 0 Å². The Morgan fingerprint density at radius 1 is 1.75 bits per heavy atom. The van der Waals surface area contributed by atoms with Crippen molar-refractivity contribution in [1.82, 2.24) is 4.90 Å². The summed E-state index contributed by atoms with van der Waals surface area (Å²) in [5.41, 5.74) is 0. The molecule has 1 aliphatic rings. The molecular weight excluding hydrogens is 152 g/mol. The lowest BCUT2D eigenvalue weighted by Gasteiger charge is -2.15. The zero-order valence-corrected chi connectivity index (χ0v) is 7.53. The zero-order chi connectivity index (χ0) is 8.97. The molecule has 0 aromatic carbocycles. The van der Waals surface area contributed by atoms with Crippen molar-refractivity contribution in [2.45, 2.75) is 25.9 Å². The highest BCUT2D eigenvalue weighted by molar-refractivity contribution is 4.81. The Bertz CT molecular complexity index is 174. The molecule has 0 amide bonds. The molecule has 1 saturated heterocycles. The van der Waals surface area contributed by atoms with E-state index in [1.54, 1.807) is 0 Å². The SMILES string of the molecule is CC(O)C1CCN(CCC#N)C1. The van der Waals surface area contributed by atoms with Gasteiger partial charge in [0.25, 0.3) is 0 Å². The molecule has 1 aliphatic heterocycles. The maximum absolute atomic E-state index is 9.30. The lowest BCUT2D eigenvalue weighted by Crippen LogP contribution is -2.24. The first-order valence-electron chi connectivity index (χ1n) is 4.51. The minimum absolute atomic E-state index is 0.197. The third-order valence-corrected chi connectivity index (χ3v) is 2.53. The first-order chi connectivity index (χ1) is 5.74. The van der Waals surface area contributed by atoms with Crippen LogP contribution in [-0.2, 0) is 0 Å². The maximum Gasteiger partial charge on any atom is 0.0635 e. The van der Waals surface area contributed by atoms with Gasteiger partial charge < -0.3 is 10.0 Å². The number of hydrogen-bond acceptors (Lipinski definition) is 3. The second-order valence-corrected chi connectivity index (χ2v) is 3.50. The third-order valence-electron chi connectivity index (χ3n) is 2.53. The van der Waals surface area contributed by atoms with E-state index < -0.39 is 0 Å². The number of rotatable bonds is 3. The molecule has 68 valence electrons. The Balaban J connectivity index is 2.22. The van der Waals surface area contributed by atoms with Gasteiger partial charge in [-0.3, -0.25) is 0 Å². The number of aliphatic hydroxyl groups excluding tert-OH is 1. The van der Waals surface area contributed by atoms with Gasteiger partial charge in [0.2, 0.25) is 0 Å². The van der Waals surface area contributed by atoms with Gasteiger partial charge in [-0.15, -0.1) is 0 Å². The van der Waals surface area contributed by atoms with E-state index in [1.165, 1.54) is 0 Å². The normalized spacial score (nSPS) is 26.9. The van der Waals surface area contributed by atoms with Gasteiger partial charge in [0, 0.05) is 19.5 Å².